The lowest BCUT2D eigenvalue weighted by atomic mass is 10.4. The Morgan fingerprint density at radius 2 is 2.10 bits per heavy atom. The molecule has 0 aromatic carbocycles. The lowest BCUT2D eigenvalue weighted by Crippen LogP contribution is -2.27. The van der Waals surface area contributed by atoms with Gasteiger partial charge in [0, 0.05) is 5.70 Å². The number of rotatable bonds is 3. The van der Waals surface area contributed by atoms with E-state index in [-0.39, 0.29) is 5.11 Å². The fraction of sp³-hybridized carbons (Fsp3) is 0. The summed E-state index contributed by atoms with van der Waals surface area (Å²) in [5.41, 5.74) is 5.95. The summed E-state index contributed by atoms with van der Waals surface area (Å²) in [4.78, 5) is 0. The maximum atomic E-state index is 5.20. The topological polar surface area (TPSA) is 38.0 Å². The summed E-state index contributed by atoms with van der Waals surface area (Å²) in [7, 11) is 0. The second-order valence-electron chi connectivity index (χ2n) is 1.55. The molecule has 0 aromatic rings. The molecule has 2 nitrogen and oxygen atoms in total. The molecule has 0 saturated carbocycles. The van der Waals surface area contributed by atoms with E-state index in [0.717, 1.165) is 5.70 Å². The van der Waals surface area contributed by atoms with Crippen molar-refractivity contribution in [1.29, 1.82) is 0 Å². The first-order chi connectivity index (χ1) is 4.70. The van der Waals surface area contributed by atoms with Gasteiger partial charge in [0.25, 0.3) is 0 Å². The van der Waals surface area contributed by atoms with Crippen molar-refractivity contribution >= 4 is 17.3 Å². The number of allylic oxidation sites excluding steroid dienone is 3. The van der Waals surface area contributed by atoms with E-state index in [4.69, 9.17) is 5.73 Å². The Bertz CT molecular complexity index is 182. The van der Waals surface area contributed by atoms with Crippen LogP contribution in [0.3, 0.4) is 0 Å². The van der Waals surface area contributed by atoms with Crippen molar-refractivity contribution in [3.8, 4) is 0 Å². The fourth-order valence-corrected chi connectivity index (χ4v) is 0.548. The van der Waals surface area contributed by atoms with E-state index in [0.29, 0.717) is 0 Å². The third kappa shape index (κ3) is 3.86. The number of nitrogens with two attached hydrogens (primary N) is 1. The van der Waals surface area contributed by atoms with Crippen LogP contribution in [0.25, 0.3) is 0 Å². The van der Waals surface area contributed by atoms with Gasteiger partial charge in [0.2, 0.25) is 0 Å². The van der Waals surface area contributed by atoms with Crippen LogP contribution in [0, 0.1) is 0 Å². The van der Waals surface area contributed by atoms with Crippen LogP contribution in [0.5, 0.6) is 0 Å². The smallest absolute Gasteiger partial charge is 0.168 e. The van der Waals surface area contributed by atoms with Gasteiger partial charge in [-0.25, -0.2) is 0 Å². The van der Waals surface area contributed by atoms with Crippen LogP contribution in [0.15, 0.2) is 37.1 Å². The van der Waals surface area contributed by atoms with E-state index in [2.05, 4.69) is 30.7 Å². The molecule has 0 heterocycles. The Kier molecular flexibility index (Phi) is 4.24. The molecule has 0 aliphatic heterocycles. The maximum absolute atomic E-state index is 5.20. The van der Waals surface area contributed by atoms with Crippen LogP contribution in [-0.2, 0) is 0 Å². The highest BCUT2D eigenvalue weighted by Gasteiger charge is 1.87. The third-order valence-corrected chi connectivity index (χ3v) is 0.887. The summed E-state index contributed by atoms with van der Waals surface area (Å²) < 4.78 is 0. The quantitative estimate of drug-likeness (QED) is 0.472. The lowest BCUT2D eigenvalue weighted by molar-refractivity contribution is 1.19. The van der Waals surface area contributed by atoms with Crippen molar-refractivity contribution in [2.75, 3.05) is 0 Å². The molecule has 0 unspecified atom stereocenters. The maximum Gasteiger partial charge on any atom is 0.168 e. The predicted molar refractivity (Wildman–Crippen MR) is 48.4 cm³/mol. The van der Waals surface area contributed by atoms with Crippen LogP contribution in [-0.4, -0.2) is 5.11 Å². The van der Waals surface area contributed by atoms with E-state index in [1.807, 2.05) is 0 Å². The molecule has 3 N–H and O–H groups in total. The standard InChI is InChI=1S/C7H10N2S/c1-3-5-6(4-2)9-7(8)10/h3-5H,1-2H2,(H3,8,9,10)/b6-5+. The number of thiocarbonyl (C=S) groups is 1. The van der Waals surface area contributed by atoms with Crippen LogP contribution >= 0.6 is 12.2 Å². The zero-order chi connectivity index (χ0) is 7.98. The summed E-state index contributed by atoms with van der Waals surface area (Å²) in [6, 6.07) is 0. The number of hydrogen-bond donors (Lipinski definition) is 2. The van der Waals surface area contributed by atoms with E-state index >= 15 is 0 Å². The minimum absolute atomic E-state index is 0.230. The zero-order valence-electron chi connectivity index (χ0n) is 5.63. The summed E-state index contributed by atoms with van der Waals surface area (Å²) >= 11 is 4.60. The fourth-order valence-electron chi connectivity index (χ4n) is 0.430. The van der Waals surface area contributed by atoms with E-state index < -0.39 is 0 Å². The van der Waals surface area contributed by atoms with Crippen molar-refractivity contribution < 1.29 is 0 Å². The van der Waals surface area contributed by atoms with E-state index in [9.17, 15) is 0 Å². The second kappa shape index (κ2) is 4.76. The van der Waals surface area contributed by atoms with Gasteiger partial charge in [-0.1, -0.05) is 19.2 Å². The highest BCUT2D eigenvalue weighted by atomic mass is 32.1. The second-order valence-corrected chi connectivity index (χ2v) is 1.99. The van der Waals surface area contributed by atoms with Gasteiger partial charge in [0.05, 0.1) is 0 Å². The van der Waals surface area contributed by atoms with Gasteiger partial charge in [-0.2, -0.15) is 0 Å². The Morgan fingerprint density at radius 3 is 2.40 bits per heavy atom. The van der Waals surface area contributed by atoms with Crippen molar-refractivity contribution in [3.63, 3.8) is 0 Å². The molecule has 0 atom stereocenters. The molecule has 0 bridgehead atoms. The molecule has 3 heteroatoms. The Morgan fingerprint density at radius 1 is 1.50 bits per heavy atom. The zero-order valence-corrected chi connectivity index (χ0v) is 6.45. The van der Waals surface area contributed by atoms with Crippen molar-refractivity contribution in [2.24, 2.45) is 5.73 Å². The van der Waals surface area contributed by atoms with Crippen molar-refractivity contribution in [2.45, 2.75) is 0 Å². The van der Waals surface area contributed by atoms with Gasteiger partial charge in [0.15, 0.2) is 5.11 Å². The van der Waals surface area contributed by atoms with Gasteiger partial charge in [0.1, 0.15) is 0 Å². The Balaban J connectivity index is 4.08. The first-order valence-corrected chi connectivity index (χ1v) is 3.13. The molecule has 0 radical (unpaired) electrons. The van der Waals surface area contributed by atoms with E-state index in [1.54, 1.807) is 18.2 Å². The number of nitrogens with one attached hydrogen (secondary N) is 1. The van der Waals surface area contributed by atoms with Gasteiger partial charge in [-0.05, 0) is 24.4 Å². The van der Waals surface area contributed by atoms with Crippen LogP contribution in [0.1, 0.15) is 0 Å². The molecule has 0 saturated heterocycles. The summed E-state index contributed by atoms with van der Waals surface area (Å²) in [6.45, 7) is 7.05. The first-order valence-electron chi connectivity index (χ1n) is 2.72. The Labute approximate surface area is 66.1 Å². The predicted octanol–water partition coefficient (Wildman–Crippen LogP) is 1.08. The minimum atomic E-state index is 0.230. The average molecular weight is 154 g/mol. The molecule has 0 aromatic heterocycles. The van der Waals surface area contributed by atoms with E-state index in [1.165, 1.54) is 0 Å². The van der Waals surface area contributed by atoms with Crippen LogP contribution < -0.4 is 11.1 Å². The molecule has 0 fully saturated rings. The number of hydrogen-bond acceptors (Lipinski definition) is 1. The largest absolute Gasteiger partial charge is 0.376 e. The average Bonchev–Trinajstić information content (AvgIpc) is 1.86. The third-order valence-electron chi connectivity index (χ3n) is 0.785. The monoisotopic (exact) mass is 154 g/mol. The SMILES string of the molecule is C=C/C=C(\C=C)NC(N)=S. The normalized spacial score (nSPS) is 10.2. The van der Waals surface area contributed by atoms with Crippen molar-refractivity contribution in [3.05, 3.63) is 37.1 Å². The molecule has 0 spiro atoms. The molecule has 0 amide bonds. The highest BCUT2D eigenvalue weighted by Crippen LogP contribution is 1.88. The molecular formula is C7H10N2S. The molecule has 10 heavy (non-hydrogen) atoms. The first kappa shape index (κ1) is 8.91. The van der Waals surface area contributed by atoms with Crippen LogP contribution in [0.2, 0.25) is 0 Å². The summed E-state index contributed by atoms with van der Waals surface area (Å²) in [6.07, 6.45) is 4.97. The molecule has 0 rings (SSSR count). The van der Waals surface area contributed by atoms with Crippen molar-refractivity contribution in [1.82, 2.24) is 5.32 Å². The molecule has 0 aliphatic carbocycles. The lowest BCUT2D eigenvalue weighted by Gasteiger charge is -2.01. The minimum Gasteiger partial charge on any atom is -0.376 e. The molecule has 0 aliphatic rings. The van der Waals surface area contributed by atoms with Gasteiger partial charge >= 0.3 is 0 Å². The highest BCUT2D eigenvalue weighted by molar-refractivity contribution is 7.80. The van der Waals surface area contributed by atoms with Gasteiger partial charge in [-0.3, -0.25) is 0 Å². The molecule has 54 valence electrons. The van der Waals surface area contributed by atoms with Crippen LogP contribution in [0.4, 0.5) is 0 Å². The van der Waals surface area contributed by atoms with Gasteiger partial charge < -0.3 is 11.1 Å². The summed E-state index contributed by atoms with van der Waals surface area (Å²) in [5.74, 6) is 0. The Hall–Kier alpha value is -1.09. The summed E-state index contributed by atoms with van der Waals surface area (Å²) in [5, 5.41) is 2.94. The molecular weight excluding hydrogens is 144 g/mol. The van der Waals surface area contributed by atoms with Gasteiger partial charge in [-0.15, -0.1) is 0 Å².